The van der Waals surface area contributed by atoms with Crippen LogP contribution in [0.15, 0.2) is 0 Å². The number of halogens is 3. The third-order valence-electron chi connectivity index (χ3n) is 1.29. The number of alkyl halides is 3. The predicted molar refractivity (Wildman–Crippen MR) is 55.2 cm³/mol. The molecule has 90 valence electrons. The fraction of sp³-hybridized carbons (Fsp3) is 0.500. The van der Waals surface area contributed by atoms with Crippen LogP contribution in [0.3, 0.4) is 0 Å². The van der Waals surface area contributed by atoms with E-state index in [1.165, 1.54) is 0 Å². The molecule has 0 aromatic carbocycles. The molecule has 0 aliphatic heterocycles. The minimum atomic E-state index is -4.28. The molecular weight excluding hydrogens is 265 g/mol. The van der Waals surface area contributed by atoms with Crippen molar-refractivity contribution in [1.82, 2.24) is 15.5 Å². The van der Waals surface area contributed by atoms with Crippen molar-refractivity contribution in [1.29, 1.82) is 0 Å². The van der Waals surface area contributed by atoms with Crippen molar-refractivity contribution in [2.45, 2.75) is 5.51 Å². The minimum Gasteiger partial charge on any atom is -0.374 e. The Labute approximate surface area is 96.6 Å². The lowest BCUT2D eigenvalue weighted by molar-refractivity contribution is -0.0327. The van der Waals surface area contributed by atoms with Crippen LogP contribution in [0.25, 0.3) is 0 Å². The lowest BCUT2D eigenvalue weighted by Crippen LogP contribution is -2.26. The average Bonchev–Trinajstić information content (AvgIpc) is 2.57. The zero-order valence-electron chi connectivity index (χ0n) is 7.74. The number of rotatable bonds is 4. The zero-order valence-corrected chi connectivity index (χ0v) is 9.38. The molecule has 0 unspecified atom stereocenters. The van der Waals surface area contributed by atoms with Gasteiger partial charge < -0.3 is 11.1 Å². The SMILES string of the molecule is Nc1nnc(C(=O)NCCSC(F)(F)F)s1. The second-order valence-electron chi connectivity index (χ2n) is 2.50. The van der Waals surface area contributed by atoms with Gasteiger partial charge in [0.2, 0.25) is 10.1 Å². The normalized spacial score (nSPS) is 11.4. The Morgan fingerprint density at radius 2 is 2.19 bits per heavy atom. The lowest BCUT2D eigenvalue weighted by Gasteiger charge is -2.05. The van der Waals surface area contributed by atoms with E-state index in [0.717, 1.165) is 11.3 Å². The molecule has 1 amide bonds. The fourth-order valence-electron chi connectivity index (χ4n) is 0.733. The van der Waals surface area contributed by atoms with E-state index in [9.17, 15) is 18.0 Å². The van der Waals surface area contributed by atoms with Crippen LogP contribution in [-0.2, 0) is 0 Å². The molecule has 5 nitrogen and oxygen atoms in total. The van der Waals surface area contributed by atoms with Crippen LogP contribution in [0.4, 0.5) is 18.3 Å². The van der Waals surface area contributed by atoms with Gasteiger partial charge >= 0.3 is 5.51 Å². The molecular formula is C6H7F3N4OS2. The van der Waals surface area contributed by atoms with E-state index in [1.54, 1.807) is 0 Å². The maximum Gasteiger partial charge on any atom is 0.441 e. The molecule has 1 aromatic rings. The number of carbonyl (C=O) groups is 1. The number of nitrogens with one attached hydrogen (secondary N) is 1. The van der Waals surface area contributed by atoms with Crippen molar-refractivity contribution in [2.75, 3.05) is 18.0 Å². The Hall–Kier alpha value is -1.03. The number of carbonyl (C=O) groups excluding carboxylic acids is 1. The Kier molecular flexibility index (Phi) is 4.35. The van der Waals surface area contributed by atoms with E-state index in [2.05, 4.69) is 15.5 Å². The number of aromatic nitrogens is 2. The molecule has 1 aromatic heterocycles. The summed E-state index contributed by atoms with van der Waals surface area (Å²) in [6.07, 6.45) is 0. The van der Waals surface area contributed by atoms with Crippen molar-refractivity contribution >= 4 is 34.1 Å². The van der Waals surface area contributed by atoms with Gasteiger partial charge in [-0.15, -0.1) is 10.2 Å². The number of hydrogen-bond acceptors (Lipinski definition) is 6. The smallest absolute Gasteiger partial charge is 0.374 e. The topological polar surface area (TPSA) is 80.9 Å². The standard InChI is InChI=1S/C6H7F3N4OS2/c7-6(8,9)15-2-1-11-3(14)4-12-13-5(10)16-4/h1-2H2,(H2,10,13)(H,11,14). The Bertz CT molecular complexity index is 367. The first-order chi connectivity index (χ1) is 7.38. The largest absolute Gasteiger partial charge is 0.441 e. The molecule has 0 aliphatic carbocycles. The highest BCUT2D eigenvalue weighted by molar-refractivity contribution is 8.00. The van der Waals surface area contributed by atoms with Gasteiger partial charge in [0.25, 0.3) is 5.91 Å². The number of thioether (sulfide) groups is 1. The number of amides is 1. The first kappa shape index (κ1) is 13.0. The number of nitrogens with zero attached hydrogens (tertiary/aromatic N) is 2. The van der Waals surface area contributed by atoms with Gasteiger partial charge in [0, 0.05) is 12.3 Å². The molecule has 0 aliphatic rings. The van der Waals surface area contributed by atoms with E-state index in [1.807, 2.05) is 0 Å². The van der Waals surface area contributed by atoms with Gasteiger partial charge in [-0.2, -0.15) is 13.2 Å². The Balaban J connectivity index is 2.26. The second kappa shape index (κ2) is 5.34. The number of hydrogen-bond donors (Lipinski definition) is 2. The van der Waals surface area contributed by atoms with Gasteiger partial charge in [-0.25, -0.2) is 0 Å². The first-order valence-electron chi connectivity index (χ1n) is 3.96. The minimum absolute atomic E-state index is 0.0366. The molecule has 3 N–H and O–H groups in total. The predicted octanol–water partition coefficient (Wildman–Crippen LogP) is 1.10. The summed E-state index contributed by atoms with van der Waals surface area (Å²) in [6, 6.07) is 0. The molecule has 0 radical (unpaired) electrons. The average molecular weight is 272 g/mol. The van der Waals surface area contributed by atoms with Crippen LogP contribution in [0.2, 0.25) is 0 Å². The zero-order chi connectivity index (χ0) is 12.2. The highest BCUT2D eigenvalue weighted by Gasteiger charge is 2.27. The monoisotopic (exact) mass is 272 g/mol. The number of nitrogen functional groups attached to an aromatic ring is 1. The Morgan fingerprint density at radius 1 is 1.50 bits per heavy atom. The third-order valence-corrected chi connectivity index (χ3v) is 2.77. The Morgan fingerprint density at radius 3 is 2.69 bits per heavy atom. The van der Waals surface area contributed by atoms with Crippen molar-refractivity contribution < 1.29 is 18.0 Å². The molecule has 0 saturated carbocycles. The van der Waals surface area contributed by atoms with E-state index >= 15 is 0 Å². The van der Waals surface area contributed by atoms with Crippen LogP contribution in [0.5, 0.6) is 0 Å². The molecule has 10 heteroatoms. The maximum atomic E-state index is 11.7. The van der Waals surface area contributed by atoms with Crippen LogP contribution < -0.4 is 11.1 Å². The summed E-state index contributed by atoms with van der Waals surface area (Å²) in [5.74, 6) is -0.819. The van der Waals surface area contributed by atoms with Crippen LogP contribution in [0.1, 0.15) is 9.80 Å². The molecule has 0 saturated heterocycles. The van der Waals surface area contributed by atoms with E-state index in [4.69, 9.17) is 5.73 Å². The molecule has 0 bridgehead atoms. The molecule has 0 fully saturated rings. The number of nitrogens with two attached hydrogens (primary N) is 1. The van der Waals surface area contributed by atoms with Gasteiger partial charge in [0.15, 0.2) is 0 Å². The summed E-state index contributed by atoms with van der Waals surface area (Å²) < 4.78 is 35.2. The van der Waals surface area contributed by atoms with Gasteiger partial charge in [-0.05, 0) is 11.8 Å². The van der Waals surface area contributed by atoms with Gasteiger partial charge in [-0.3, -0.25) is 4.79 Å². The second-order valence-corrected chi connectivity index (χ2v) is 4.66. The van der Waals surface area contributed by atoms with Crippen molar-refractivity contribution in [3.05, 3.63) is 5.01 Å². The van der Waals surface area contributed by atoms with E-state index < -0.39 is 11.4 Å². The van der Waals surface area contributed by atoms with Crippen LogP contribution in [-0.4, -0.2) is 33.9 Å². The lowest BCUT2D eigenvalue weighted by atomic mass is 10.6. The fourth-order valence-corrected chi connectivity index (χ4v) is 1.70. The number of anilines is 1. The maximum absolute atomic E-state index is 11.7. The van der Waals surface area contributed by atoms with E-state index in [0.29, 0.717) is 0 Å². The first-order valence-corrected chi connectivity index (χ1v) is 5.76. The summed E-state index contributed by atoms with van der Waals surface area (Å²) in [5.41, 5.74) is 0.960. The highest BCUT2D eigenvalue weighted by Crippen LogP contribution is 2.29. The van der Waals surface area contributed by atoms with Gasteiger partial charge in [-0.1, -0.05) is 11.3 Å². The summed E-state index contributed by atoms with van der Waals surface area (Å²) >= 11 is 0.678. The summed E-state index contributed by atoms with van der Waals surface area (Å²) in [4.78, 5) is 11.2. The van der Waals surface area contributed by atoms with Crippen LogP contribution >= 0.6 is 23.1 Å². The quantitative estimate of drug-likeness (QED) is 0.802. The summed E-state index contributed by atoms with van der Waals surface area (Å²) in [7, 11) is 0. The van der Waals surface area contributed by atoms with Crippen molar-refractivity contribution in [2.24, 2.45) is 0 Å². The molecule has 1 rings (SSSR count). The van der Waals surface area contributed by atoms with Gasteiger partial charge in [0.1, 0.15) is 0 Å². The molecule has 0 atom stereocenters. The summed E-state index contributed by atoms with van der Waals surface area (Å²) in [5, 5.41) is 9.30. The molecule has 16 heavy (non-hydrogen) atoms. The van der Waals surface area contributed by atoms with Crippen molar-refractivity contribution in [3.63, 3.8) is 0 Å². The van der Waals surface area contributed by atoms with Gasteiger partial charge in [0.05, 0.1) is 0 Å². The third kappa shape index (κ3) is 4.66. The molecule has 0 spiro atoms. The van der Waals surface area contributed by atoms with E-state index in [-0.39, 0.29) is 34.2 Å². The summed E-state index contributed by atoms with van der Waals surface area (Å²) in [6.45, 7) is -0.0947. The van der Waals surface area contributed by atoms with Crippen molar-refractivity contribution in [3.8, 4) is 0 Å². The van der Waals surface area contributed by atoms with Crippen LogP contribution in [0, 0.1) is 0 Å². The molecule has 1 heterocycles. The highest BCUT2D eigenvalue weighted by atomic mass is 32.2.